The van der Waals surface area contributed by atoms with Crippen molar-refractivity contribution in [3.8, 4) is 0 Å². The van der Waals surface area contributed by atoms with Crippen molar-refractivity contribution in [1.82, 2.24) is 9.78 Å². The summed E-state index contributed by atoms with van der Waals surface area (Å²) < 4.78 is 1.60. The van der Waals surface area contributed by atoms with Gasteiger partial charge in [-0.3, -0.25) is 9.48 Å². The first-order chi connectivity index (χ1) is 8.15. The van der Waals surface area contributed by atoms with Crippen LogP contribution in [0.2, 0.25) is 5.02 Å². The van der Waals surface area contributed by atoms with E-state index in [0.29, 0.717) is 10.6 Å². The Hall–Kier alpha value is -1.87. The largest absolute Gasteiger partial charge is 0.289 e. The van der Waals surface area contributed by atoms with E-state index in [1.165, 1.54) is 6.08 Å². The maximum atomic E-state index is 11.7. The lowest BCUT2D eigenvalue weighted by Gasteiger charge is -1.93. The fraction of sp³-hybridized carbons (Fsp3) is 0.0769. The number of aryl methyl sites for hydroxylation is 1. The van der Waals surface area contributed by atoms with Gasteiger partial charge in [-0.15, -0.1) is 0 Å². The average Bonchev–Trinajstić information content (AvgIpc) is 2.73. The first-order valence-electron chi connectivity index (χ1n) is 5.12. The Bertz CT molecular complexity index is 572. The third-order valence-electron chi connectivity index (χ3n) is 2.27. The van der Waals surface area contributed by atoms with Crippen LogP contribution in [0.1, 0.15) is 15.9 Å². The van der Waals surface area contributed by atoms with Crippen LogP contribution in [0, 0.1) is 0 Å². The third-order valence-corrected chi connectivity index (χ3v) is 2.50. The number of carbonyl (C=O) groups is 1. The highest BCUT2D eigenvalue weighted by Crippen LogP contribution is 2.12. The molecule has 0 aliphatic rings. The van der Waals surface area contributed by atoms with Crippen molar-refractivity contribution in [3.63, 3.8) is 0 Å². The molecule has 0 saturated heterocycles. The highest BCUT2D eigenvalue weighted by molar-refractivity contribution is 6.30. The standard InChI is InChI=1S/C13H11ClN2O/c1-16-9-11(8-15-16)13(17)6-5-10-3-2-4-12(14)7-10/h2-9H,1H3/b6-5-. The number of hydrogen-bond donors (Lipinski definition) is 0. The molecule has 2 rings (SSSR count). The number of hydrogen-bond acceptors (Lipinski definition) is 2. The molecule has 0 atom stereocenters. The first kappa shape index (κ1) is 11.6. The summed E-state index contributed by atoms with van der Waals surface area (Å²) in [6.07, 6.45) is 6.49. The number of aromatic nitrogens is 2. The van der Waals surface area contributed by atoms with Gasteiger partial charge in [0.2, 0.25) is 0 Å². The van der Waals surface area contributed by atoms with E-state index in [4.69, 9.17) is 11.6 Å². The van der Waals surface area contributed by atoms with Crippen LogP contribution in [0.4, 0.5) is 0 Å². The topological polar surface area (TPSA) is 34.9 Å². The van der Waals surface area contributed by atoms with Gasteiger partial charge in [-0.05, 0) is 23.8 Å². The monoisotopic (exact) mass is 246 g/mol. The zero-order chi connectivity index (χ0) is 12.3. The van der Waals surface area contributed by atoms with Gasteiger partial charge in [-0.2, -0.15) is 5.10 Å². The molecule has 0 fully saturated rings. The maximum absolute atomic E-state index is 11.7. The van der Waals surface area contributed by atoms with Gasteiger partial charge in [-0.25, -0.2) is 0 Å². The molecule has 0 aliphatic carbocycles. The number of benzene rings is 1. The second-order valence-corrected chi connectivity index (χ2v) is 4.09. The van der Waals surface area contributed by atoms with E-state index in [-0.39, 0.29) is 5.78 Å². The minimum Gasteiger partial charge on any atom is -0.289 e. The second-order valence-electron chi connectivity index (χ2n) is 3.66. The van der Waals surface area contributed by atoms with E-state index in [9.17, 15) is 4.79 Å². The summed E-state index contributed by atoms with van der Waals surface area (Å²) >= 11 is 5.85. The van der Waals surface area contributed by atoms with Crippen LogP contribution < -0.4 is 0 Å². The molecule has 0 unspecified atom stereocenters. The molecular formula is C13H11ClN2O. The Morgan fingerprint density at radius 1 is 1.47 bits per heavy atom. The summed E-state index contributed by atoms with van der Waals surface area (Å²) in [6, 6.07) is 7.33. The van der Waals surface area contributed by atoms with Crippen molar-refractivity contribution in [2.45, 2.75) is 0 Å². The predicted octanol–water partition coefficient (Wildman–Crippen LogP) is 2.97. The molecule has 1 aromatic carbocycles. The highest BCUT2D eigenvalue weighted by atomic mass is 35.5. The molecule has 0 aliphatic heterocycles. The molecule has 0 amide bonds. The summed E-state index contributed by atoms with van der Waals surface area (Å²) in [5.41, 5.74) is 1.47. The smallest absolute Gasteiger partial charge is 0.189 e. The van der Waals surface area contributed by atoms with Crippen LogP contribution in [0.15, 0.2) is 42.7 Å². The van der Waals surface area contributed by atoms with Gasteiger partial charge in [0.15, 0.2) is 5.78 Å². The molecular weight excluding hydrogens is 236 g/mol. The number of rotatable bonds is 3. The third kappa shape index (κ3) is 3.04. The molecule has 4 heteroatoms. The van der Waals surface area contributed by atoms with Gasteiger partial charge in [0.1, 0.15) is 0 Å². The average molecular weight is 247 g/mol. The molecule has 86 valence electrons. The first-order valence-corrected chi connectivity index (χ1v) is 5.49. The number of allylic oxidation sites excluding steroid dienone is 1. The highest BCUT2D eigenvalue weighted by Gasteiger charge is 2.03. The lowest BCUT2D eigenvalue weighted by Crippen LogP contribution is -1.91. The van der Waals surface area contributed by atoms with E-state index in [0.717, 1.165) is 5.56 Å². The molecule has 0 N–H and O–H groups in total. The summed E-state index contributed by atoms with van der Waals surface area (Å²) in [5, 5.41) is 4.60. The summed E-state index contributed by atoms with van der Waals surface area (Å²) in [4.78, 5) is 11.7. The summed E-state index contributed by atoms with van der Waals surface area (Å²) in [7, 11) is 1.78. The Balaban J connectivity index is 2.13. The van der Waals surface area contributed by atoms with Gasteiger partial charge in [-0.1, -0.05) is 29.8 Å². The summed E-state index contributed by atoms with van der Waals surface area (Å²) in [5.74, 6) is -0.0712. The van der Waals surface area contributed by atoms with Crippen molar-refractivity contribution in [3.05, 3.63) is 58.9 Å². The van der Waals surface area contributed by atoms with Gasteiger partial charge in [0.05, 0.1) is 11.8 Å². The van der Waals surface area contributed by atoms with Gasteiger partial charge >= 0.3 is 0 Å². The van der Waals surface area contributed by atoms with Crippen LogP contribution in [-0.2, 0) is 7.05 Å². The number of halogens is 1. The zero-order valence-electron chi connectivity index (χ0n) is 9.30. The van der Waals surface area contributed by atoms with E-state index < -0.39 is 0 Å². The fourth-order valence-electron chi connectivity index (χ4n) is 1.43. The molecule has 1 aromatic heterocycles. The predicted molar refractivity (Wildman–Crippen MR) is 68.0 cm³/mol. The Morgan fingerprint density at radius 3 is 2.94 bits per heavy atom. The van der Waals surface area contributed by atoms with Crippen LogP contribution in [0.5, 0.6) is 0 Å². The minimum atomic E-state index is -0.0712. The number of nitrogens with zero attached hydrogens (tertiary/aromatic N) is 2. The molecule has 1 heterocycles. The molecule has 0 bridgehead atoms. The Labute approximate surface area is 104 Å². The van der Waals surface area contributed by atoms with Gasteiger partial charge in [0.25, 0.3) is 0 Å². The quantitative estimate of drug-likeness (QED) is 0.617. The molecule has 3 nitrogen and oxygen atoms in total. The Morgan fingerprint density at radius 2 is 2.29 bits per heavy atom. The molecule has 0 spiro atoms. The zero-order valence-corrected chi connectivity index (χ0v) is 10.1. The van der Waals surface area contributed by atoms with Crippen LogP contribution in [0.3, 0.4) is 0 Å². The van der Waals surface area contributed by atoms with Crippen molar-refractivity contribution in [2.24, 2.45) is 7.05 Å². The second kappa shape index (κ2) is 4.97. The van der Waals surface area contributed by atoms with Crippen LogP contribution in [0.25, 0.3) is 6.08 Å². The van der Waals surface area contributed by atoms with Crippen molar-refractivity contribution >= 4 is 23.5 Å². The fourth-order valence-corrected chi connectivity index (χ4v) is 1.63. The molecule has 0 radical (unpaired) electrons. The van der Waals surface area contributed by atoms with E-state index >= 15 is 0 Å². The van der Waals surface area contributed by atoms with E-state index in [1.807, 2.05) is 12.1 Å². The van der Waals surface area contributed by atoms with E-state index in [2.05, 4.69) is 5.10 Å². The van der Waals surface area contributed by atoms with Crippen molar-refractivity contribution in [2.75, 3.05) is 0 Å². The lowest BCUT2D eigenvalue weighted by molar-refractivity contribution is 0.104. The van der Waals surface area contributed by atoms with Crippen LogP contribution in [-0.4, -0.2) is 15.6 Å². The SMILES string of the molecule is Cn1cc(C(=O)/C=C\c2cccc(Cl)c2)cn1. The maximum Gasteiger partial charge on any atom is 0.189 e. The van der Waals surface area contributed by atoms with Gasteiger partial charge in [0, 0.05) is 18.3 Å². The minimum absolute atomic E-state index is 0.0712. The molecule has 0 saturated carbocycles. The van der Waals surface area contributed by atoms with E-state index in [1.54, 1.807) is 42.3 Å². The molecule has 2 aromatic rings. The van der Waals surface area contributed by atoms with Crippen molar-refractivity contribution in [1.29, 1.82) is 0 Å². The van der Waals surface area contributed by atoms with Crippen molar-refractivity contribution < 1.29 is 4.79 Å². The lowest BCUT2D eigenvalue weighted by atomic mass is 10.1. The summed E-state index contributed by atoms with van der Waals surface area (Å²) in [6.45, 7) is 0. The van der Waals surface area contributed by atoms with Crippen LogP contribution >= 0.6 is 11.6 Å². The number of carbonyl (C=O) groups excluding carboxylic acids is 1. The molecule has 17 heavy (non-hydrogen) atoms. The number of ketones is 1. The Kier molecular flexibility index (Phi) is 3.40. The van der Waals surface area contributed by atoms with Gasteiger partial charge < -0.3 is 0 Å². The normalized spacial score (nSPS) is 10.9.